The summed E-state index contributed by atoms with van der Waals surface area (Å²) in [5.41, 5.74) is -0.0283. The van der Waals surface area contributed by atoms with Crippen LogP contribution in [0.25, 0.3) is 0 Å². The van der Waals surface area contributed by atoms with Crippen molar-refractivity contribution in [3.8, 4) is 0 Å². The molecular weight excluding hydrogens is 336 g/mol. The minimum absolute atomic E-state index is 0.0283. The summed E-state index contributed by atoms with van der Waals surface area (Å²) in [7, 11) is -3.81. The van der Waals surface area contributed by atoms with Crippen LogP contribution in [-0.2, 0) is 14.6 Å². The summed E-state index contributed by atoms with van der Waals surface area (Å²) in [4.78, 5) is 22.2. The van der Waals surface area contributed by atoms with E-state index < -0.39 is 26.6 Å². The molecule has 1 heterocycles. The number of hydrogen-bond acceptors (Lipinski definition) is 6. The number of para-hydroxylation sites is 1. The number of nitrogens with zero attached hydrogens (tertiary/aromatic N) is 1. The van der Waals surface area contributed by atoms with Crippen LogP contribution in [0, 0.1) is 10.1 Å². The smallest absolute Gasteiger partial charge is 0.334 e. The molecule has 1 aromatic rings. The van der Waals surface area contributed by atoms with Crippen molar-refractivity contribution in [2.75, 3.05) is 6.26 Å². The number of carboxylic acids is 1. The maximum atomic E-state index is 12.3. The molecule has 1 aliphatic rings. The maximum absolute atomic E-state index is 12.3. The maximum Gasteiger partial charge on any atom is 0.334 e. The quantitative estimate of drug-likeness (QED) is 0.626. The number of benzene rings is 1. The van der Waals surface area contributed by atoms with Gasteiger partial charge in [0.2, 0.25) is 0 Å². The Bertz CT molecular complexity index is 898. The van der Waals surface area contributed by atoms with Crippen molar-refractivity contribution in [3.63, 3.8) is 0 Å². The number of nitro groups is 1. The van der Waals surface area contributed by atoms with E-state index in [1.165, 1.54) is 38.1 Å². The van der Waals surface area contributed by atoms with Crippen LogP contribution in [0.4, 0.5) is 5.69 Å². The molecule has 0 saturated heterocycles. The van der Waals surface area contributed by atoms with E-state index in [2.05, 4.69) is 5.32 Å². The second-order valence-corrected chi connectivity index (χ2v) is 7.46. The summed E-state index contributed by atoms with van der Waals surface area (Å²) in [6.45, 7) is 2.99. The Morgan fingerprint density at radius 3 is 2.33 bits per heavy atom. The molecule has 1 aliphatic heterocycles. The molecule has 0 fully saturated rings. The highest BCUT2D eigenvalue weighted by atomic mass is 32.2. The zero-order valence-corrected chi connectivity index (χ0v) is 14.0. The summed E-state index contributed by atoms with van der Waals surface area (Å²) in [5.74, 6) is -2.59. The number of allylic oxidation sites excluding steroid dienone is 3. The first-order valence-corrected chi connectivity index (χ1v) is 8.80. The number of hydrogen-bond donors (Lipinski definition) is 2. The van der Waals surface area contributed by atoms with Gasteiger partial charge in [0.1, 0.15) is 0 Å². The van der Waals surface area contributed by atoms with Crippen LogP contribution in [0.1, 0.15) is 25.3 Å². The zero-order valence-electron chi connectivity index (χ0n) is 13.2. The number of sulfone groups is 1. The van der Waals surface area contributed by atoms with E-state index >= 15 is 0 Å². The molecular formula is C15H16N2O6S. The molecule has 1 unspecified atom stereocenters. The monoisotopic (exact) mass is 352 g/mol. The first kappa shape index (κ1) is 17.7. The molecule has 1 aromatic carbocycles. The third-order valence-electron chi connectivity index (χ3n) is 3.77. The lowest BCUT2D eigenvalue weighted by Gasteiger charge is -2.29. The standard InChI is InChI=1S/C15H16N2O6S/c1-8-12(15(18)19)13(14(9(2)16-8)24(3,22)23)10-6-4-5-7-11(10)17(20)21/h4-7,13,16H,1-3H3,(H,18,19). The molecule has 8 nitrogen and oxygen atoms in total. The summed E-state index contributed by atoms with van der Waals surface area (Å²) in [6, 6.07) is 5.55. The molecule has 0 aliphatic carbocycles. The third-order valence-corrected chi connectivity index (χ3v) is 5.11. The average Bonchev–Trinajstić information content (AvgIpc) is 2.44. The molecule has 0 radical (unpaired) electrons. The van der Waals surface area contributed by atoms with Gasteiger partial charge in [-0.1, -0.05) is 18.2 Å². The van der Waals surface area contributed by atoms with Gasteiger partial charge < -0.3 is 10.4 Å². The number of rotatable bonds is 4. The van der Waals surface area contributed by atoms with Crippen molar-refractivity contribution in [2.24, 2.45) is 0 Å². The van der Waals surface area contributed by atoms with Gasteiger partial charge in [-0.05, 0) is 13.8 Å². The molecule has 1 atom stereocenters. The highest BCUT2D eigenvalue weighted by molar-refractivity contribution is 7.94. The molecule has 9 heteroatoms. The van der Waals surface area contributed by atoms with Crippen LogP contribution in [0.3, 0.4) is 0 Å². The zero-order chi connectivity index (χ0) is 18.2. The van der Waals surface area contributed by atoms with E-state index in [9.17, 15) is 28.4 Å². The predicted octanol–water partition coefficient (Wildman–Crippen LogP) is 1.92. The summed E-state index contributed by atoms with van der Waals surface area (Å²) in [5, 5.41) is 23.6. The fourth-order valence-electron chi connectivity index (χ4n) is 2.94. The molecule has 2 N–H and O–H groups in total. The van der Waals surface area contributed by atoms with Crippen LogP contribution in [0.5, 0.6) is 0 Å². The van der Waals surface area contributed by atoms with Crippen LogP contribution < -0.4 is 5.32 Å². The normalized spacial score (nSPS) is 18.4. The fraction of sp³-hybridized carbons (Fsp3) is 0.267. The van der Waals surface area contributed by atoms with Crippen molar-refractivity contribution < 1.29 is 23.2 Å². The van der Waals surface area contributed by atoms with E-state index in [0.717, 1.165) is 6.26 Å². The topological polar surface area (TPSA) is 127 Å². The van der Waals surface area contributed by atoms with Gasteiger partial charge in [0.15, 0.2) is 9.84 Å². The minimum Gasteiger partial charge on any atom is -0.478 e. The molecule has 0 amide bonds. The van der Waals surface area contributed by atoms with Crippen LogP contribution in [0.2, 0.25) is 0 Å². The Hall–Kier alpha value is -2.68. The fourth-order valence-corrected chi connectivity index (χ4v) is 4.23. The van der Waals surface area contributed by atoms with Crippen LogP contribution in [0.15, 0.2) is 46.1 Å². The van der Waals surface area contributed by atoms with E-state index in [4.69, 9.17) is 0 Å². The van der Waals surface area contributed by atoms with Gasteiger partial charge in [-0.25, -0.2) is 13.2 Å². The van der Waals surface area contributed by atoms with Crippen LogP contribution in [-0.4, -0.2) is 30.7 Å². The highest BCUT2D eigenvalue weighted by Crippen LogP contribution is 2.43. The summed E-state index contributed by atoms with van der Waals surface area (Å²) in [6.07, 6.45) is 0.954. The van der Waals surface area contributed by atoms with E-state index in [1.54, 1.807) is 0 Å². The van der Waals surface area contributed by atoms with Crippen LogP contribution >= 0.6 is 0 Å². The van der Waals surface area contributed by atoms with Gasteiger partial charge in [0.05, 0.1) is 21.3 Å². The molecule has 0 saturated carbocycles. The van der Waals surface area contributed by atoms with Crippen molar-refractivity contribution >= 4 is 21.5 Å². The largest absolute Gasteiger partial charge is 0.478 e. The van der Waals surface area contributed by atoms with E-state index in [-0.39, 0.29) is 33.1 Å². The molecule has 0 spiro atoms. The highest BCUT2D eigenvalue weighted by Gasteiger charge is 2.40. The minimum atomic E-state index is -3.81. The van der Waals surface area contributed by atoms with Gasteiger partial charge in [-0.3, -0.25) is 10.1 Å². The molecule has 0 bridgehead atoms. The third kappa shape index (κ3) is 3.02. The Kier molecular flexibility index (Phi) is 4.48. The Labute approximate surface area is 138 Å². The van der Waals surface area contributed by atoms with Gasteiger partial charge >= 0.3 is 5.97 Å². The SMILES string of the molecule is CC1=C(C(=O)O)C(c2ccccc2[N+](=O)[O-])C(S(C)(=O)=O)=C(C)N1. The van der Waals surface area contributed by atoms with E-state index in [1.807, 2.05) is 0 Å². The second kappa shape index (κ2) is 6.08. The van der Waals surface area contributed by atoms with Crippen molar-refractivity contribution in [2.45, 2.75) is 19.8 Å². The lowest BCUT2D eigenvalue weighted by Crippen LogP contribution is -2.31. The van der Waals surface area contributed by atoms with Gasteiger partial charge in [0, 0.05) is 29.3 Å². The van der Waals surface area contributed by atoms with E-state index in [0.29, 0.717) is 0 Å². The number of carboxylic acid groups (broad SMARTS) is 1. The van der Waals surface area contributed by atoms with Crippen molar-refractivity contribution in [1.29, 1.82) is 0 Å². The lowest BCUT2D eigenvalue weighted by molar-refractivity contribution is -0.385. The molecule has 2 rings (SSSR count). The molecule has 0 aromatic heterocycles. The number of dihydropyridines is 1. The first-order valence-electron chi connectivity index (χ1n) is 6.91. The lowest BCUT2D eigenvalue weighted by atomic mass is 9.85. The number of aliphatic carboxylic acids is 1. The molecule has 24 heavy (non-hydrogen) atoms. The van der Waals surface area contributed by atoms with Gasteiger partial charge in [-0.2, -0.15) is 0 Å². The molecule has 128 valence electrons. The first-order chi connectivity index (χ1) is 11.1. The Balaban J connectivity index is 2.89. The van der Waals surface area contributed by atoms with Gasteiger partial charge in [-0.15, -0.1) is 0 Å². The number of nitrogens with one attached hydrogen (secondary N) is 1. The number of carbonyl (C=O) groups is 1. The van der Waals surface area contributed by atoms with Crippen molar-refractivity contribution in [1.82, 2.24) is 5.32 Å². The Morgan fingerprint density at radius 1 is 1.25 bits per heavy atom. The predicted molar refractivity (Wildman–Crippen MR) is 86.9 cm³/mol. The Morgan fingerprint density at radius 2 is 1.83 bits per heavy atom. The van der Waals surface area contributed by atoms with Crippen molar-refractivity contribution in [3.05, 3.63) is 61.8 Å². The summed E-state index contributed by atoms with van der Waals surface area (Å²) >= 11 is 0. The van der Waals surface area contributed by atoms with Gasteiger partial charge in [0.25, 0.3) is 5.69 Å². The average molecular weight is 352 g/mol. The number of nitro benzene ring substituents is 1. The second-order valence-electron chi connectivity index (χ2n) is 5.48. The summed E-state index contributed by atoms with van der Waals surface area (Å²) < 4.78 is 24.5.